The van der Waals surface area contributed by atoms with Crippen LogP contribution < -0.4 is 28.6 Å². The molecule has 8 heteroatoms. The van der Waals surface area contributed by atoms with E-state index in [0.29, 0.717) is 0 Å². The molecule has 0 aliphatic rings. The molecule has 70 valence electrons. The number of anilines is 2. The summed E-state index contributed by atoms with van der Waals surface area (Å²) in [6.45, 7) is 0. The number of nitrogens with zero attached hydrogens (tertiary/aromatic N) is 3. The molecule has 0 atom stereocenters. The predicted molar refractivity (Wildman–Crippen MR) is 48.9 cm³/mol. The van der Waals surface area contributed by atoms with Crippen molar-refractivity contribution in [3.63, 3.8) is 0 Å². The third kappa shape index (κ3) is 1.73. The van der Waals surface area contributed by atoms with Gasteiger partial charge in [-0.3, -0.25) is 0 Å². The Kier molecular flexibility index (Phi) is 2.45. The van der Waals surface area contributed by atoms with Crippen molar-refractivity contribution >= 4 is 17.5 Å². The Morgan fingerprint density at radius 1 is 1.31 bits per heavy atom. The highest BCUT2D eigenvalue weighted by Gasteiger charge is 2.09. The van der Waals surface area contributed by atoms with Gasteiger partial charge in [-0.25, -0.2) is 21.3 Å². The van der Waals surface area contributed by atoms with Gasteiger partial charge in [0.1, 0.15) is 23.5 Å². The zero-order valence-corrected chi connectivity index (χ0v) is 6.73. The van der Waals surface area contributed by atoms with Crippen LogP contribution in [0.1, 0.15) is 5.56 Å². The fourth-order valence-corrected chi connectivity index (χ4v) is 0.801. The molecular weight excluding hydrogens is 172 g/mol. The van der Waals surface area contributed by atoms with Gasteiger partial charge in [0.05, 0.1) is 0 Å². The number of nitrogen functional groups attached to an aromatic ring is 2. The van der Waals surface area contributed by atoms with Crippen molar-refractivity contribution in [1.82, 2.24) is 15.5 Å². The van der Waals surface area contributed by atoms with Crippen molar-refractivity contribution < 1.29 is 0 Å². The van der Waals surface area contributed by atoms with Gasteiger partial charge in [0.2, 0.25) is 0 Å². The lowest BCUT2D eigenvalue weighted by Gasteiger charge is -2.05. The van der Waals surface area contributed by atoms with E-state index < -0.39 is 0 Å². The van der Waals surface area contributed by atoms with E-state index in [0.717, 1.165) is 0 Å². The Morgan fingerprint density at radius 3 is 2.31 bits per heavy atom. The topological polar surface area (TPSA) is 154 Å². The first-order valence-corrected chi connectivity index (χ1v) is 3.32. The summed E-state index contributed by atoms with van der Waals surface area (Å²) in [4.78, 5) is 7.40. The molecule has 0 spiro atoms. The molecular formula is C5H10N8. The summed E-state index contributed by atoms with van der Waals surface area (Å²) in [6, 6.07) is 0. The standard InChI is InChI=1S/C5H10N8/c6-3-2(5(8)12-13-9)4(7)11-1-10-3/h1,13H,9H2,(H2,8,12)(H4,6,7,10,11). The molecule has 0 aromatic carbocycles. The molecule has 0 aliphatic heterocycles. The lowest BCUT2D eigenvalue weighted by molar-refractivity contribution is 0.803. The minimum absolute atomic E-state index is 0.0399. The number of aromatic nitrogens is 2. The first-order chi connectivity index (χ1) is 6.16. The monoisotopic (exact) mass is 182 g/mol. The largest absolute Gasteiger partial charge is 0.383 e. The number of hydrogen-bond donors (Lipinski definition) is 5. The molecule has 0 unspecified atom stereocenters. The highest BCUT2D eigenvalue weighted by molar-refractivity contribution is 6.04. The molecule has 13 heavy (non-hydrogen) atoms. The fraction of sp³-hybridized carbons (Fsp3) is 0. The second-order valence-corrected chi connectivity index (χ2v) is 2.15. The van der Waals surface area contributed by atoms with Crippen molar-refractivity contribution in [2.75, 3.05) is 11.5 Å². The van der Waals surface area contributed by atoms with Crippen LogP contribution in [0.25, 0.3) is 0 Å². The Hall–Kier alpha value is -2.09. The third-order valence-electron chi connectivity index (χ3n) is 1.35. The molecule has 0 bridgehead atoms. The first kappa shape index (κ1) is 9.00. The molecule has 0 aliphatic carbocycles. The molecule has 0 saturated carbocycles. The normalized spacial score (nSPS) is 11.3. The minimum Gasteiger partial charge on any atom is -0.383 e. The lowest BCUT2D eigenvalue weighted by atomic mass is 10.2. The van der Waals surface area contributed by atoms with Gasteiger partial charge in [0.25, 0.3) is 0 Å². The molecule has 1 aromatic heterocycles. The van der Waals surface area contributed by atoms with Crippen LogP contribution in [0.15, 0.2) is 11.4 Å². The van der Waals surface area contributed by atoms with Crippen LogP contribution in [-0.2, 0) is 0 Å². The first-order valence-electron chi connectivity index (χ1n) is 3.32. The number of hydrogen-bond acceptors (Lipinski definition) is 7. The van der Waals surface area contributed by atoms with Gasteiger partial charge in [-0.05, 0) is 0 Å². The molecule has 9 N–H and O–H groups in total. The summed E-state index contributed by atoms with van der Waals surface area (Å²) in [5.41, 5.74) is 18.8. The third-order valence-corrected chi connectivity index (χ3v) is 1.35. The number of nitrogens with two attached hydrogens (primary N) is 4. The van der Waals surface area contributed by atoms with Crippen LogP contribution >= 0.6 is 0 Å². The van der Waals surface area contributed by atoms with Gasteiger partial charge in [0.15, 0.2) is 5.84 Å². The van der Waals surface area contributed by atoms with Crippen LogP contribution in [0.5, 0.6) is 0 Å². The maximum atomic E-state index is 5.49. The minimum atomic E-state index is 0.0399. The van der Waals surface area contributed by atoms with E-state index in [1.807, 2.05) is 5.53 Å². The fourth-order valence-electron chi connectivity index (χ4n) is 0.801. The number of nitrogens with one attached hydrogen (secondary N) is 1. The van der Waals surface area contributed by atoms with Crippen LogP contribution in [0.3, 0.4) is 0 Å². The van der Waals surface area contributed by atoms with E-state index >= 15 is 0 Å². The van der Waals surface area contributed by atoms with Crippen molar-refractivity contribution in [2.45, 2.75) is 0 Å². The van der Waals surface area contributed by atoms with Crippen LogP contribution in [0.4, 0.5) is 11.6 Å². The Labute approximate surface area is 74.0 Å². The Balaban J connectivity index is 3.20. The maximum absolute atomic E-state index is 5.49. The second-order valence-electron chi connectivity index (χ2n) is 2.15. The quantitative estimate of drug-likeness (QED) is 0.149. The van der Waals surface area contributed by atoms with Crippen molar-refractivity contribution in [1.29, 1.82) is 0 Å². The smallest absolute Gasteiger partial charge is 0.159 e. The number of hydrazone groups is 1. The van der Waals surface area contributed by atoms with E-state index in [4.69, 9.17) is 23.0 Å². The average molecular weight is 182 g/mol. The summed E-state index contributed by atoms with van der Waals surface area (Å²) in [5, 5.41) is 3.50. The zero-order chi connectivity index (χ0) is 9.84. The SMILES string of the molecule is NN/N=C(\N)c1c(N)ncnc1N. The molecule has 0 saturated heterocycles. The van der Waals surface area contributed by atoms with Gasteiger partial charge >= 0.3 is 0 Å². The van der Waals surface area contributed by atoms with E-state index in [1.54, 1.807) is 0 Å². The highest BCUT2D eigenvalue weighted by atomic mass is 15.5. The van der Waals surface area contributed by atoms with Gasteiger partial charge < -0.3 is 17.2 Å². The Bertz CT molecular complexity index is 311. The van der Waals surface area contributed by atoms with E-state index in [2.05, 4.69) is 15.1 Å². The molecule has 0 radical (unpaired) electrons. The van der Waals surface area contributed by atoms with Crippen LogP contribution in [0.2, 0.25) is 0 Å². The van der Waals surface area contributed by atoms with Crippen molar-refractivity contribution in [3.05, 3.63) is 11.9 Å². The number of amidine groups is 1. The van der Waals surface area contributed by atoms with Gasteiger partial charge in [-0.15, -0.1) is 5.10 Å². The van der Waals surface area contributed by atoms with Crippen molar-refractivity contribution in [3.8, 4) is 0 Å². The molecule has 8 nitrogen and oxygen atoms in total. The summed E-state index contributed by atoms with van der Waals surface area (Å²) >= 11 is 0. The molecule has 0 fully saturated rings. The maximum Gasteiger partial charge on any atom is 0.159 e. The Morgan fingerprint density at radius 2 is 1.85 bits per heavy atom. The predicted octanol–water partition coefficient (Wildman–Crippen LogP) is -2.28. The van der Waals surface area contributed by atoms with Gasteiger partial charge in [0, 0.05) is 0 Å². The van der Waals surface area contributed by atoms with Crippen molar-refractivity contribution in [2.24, 2.45) is 16.7 Å². The van der Waals surface area contributed by atoms with E-state index in [9.17, 15) is 0 Å². The molecule has 0 amide bonds. The summed E-state index contributed by atoms with van der Waals surface area (Å²) in [7, 11) is 0. The van der Waals surface area contributed by atoms with E-state index in [1.165, 1.54) is 6.33 Å². The summed E-state index contributed by atoms with van der Waals surface area (Å²) in [5.74, 6) is 5.28. The average Bonchev–Trinajstić information content (AvgIpc) is 2.04. The summed E-state index contributed by atoms with van der Waals surface area (Å²) < 4.78 is 0. The van der Waals surface area contributed by atoms with Crippen LogP contribution in [0, 0.1) is 0 Å². The van der Waals surface area contributed by atoms with Gasteiger partial charge in [-0.2, -0.15) is 0 Å². The van der Waals surface area contributed by atoms with E-state index in [-0.39, 0.29) is 23.0 Å². The lowest BCUT2D eigenvalue weighted by Crippen LogP contribution is -2.25. The number of hydrazine groups is 1. The molecule has 1 heterocycles. The number of rotatable bonds is 2. The van der Waals surface area contributed by atoms with Gasteiger partial charge in [-0.1, -0.05) is 0 Å². The second kappa shape index (κ2) is 3.54. The van der Waals surface area contributed by atoms with Crippen LogP contribution in [-0.4, -0.2) is 15.8 Å². The molecule has 1 aromatic rings. The summed E-state index contributed by atoms with van der Waals surface area (Å²) in [6.07, 6.45) is 1.23. The zero-order valence-electron chi connectivity index (χ0n) is 6.73. The molecule has 1 rings (SSSR count). The highest BCUT2D eigenvalue weighted by Crippen LogP contribution is 2.12.